The van der Waals surface area contributed by atoms with Gasteiger partial charge in [-0.15, -0.1) is 0 Å². The number of nitrogens with zero attached hydrogens (tertiary/aromatic N) is 2. The summed E-state index contributed by atoms with van der Waals surface area (Å²) in [5.74, 6) is 0.555. The molecule has 0 radical (unpaired) electrons. The SMILES string of the molecule is CCCCCCCCCCCCCCCC(=O)N(CC(=O)Nc1ccc2c(c1)CC1(C2)C(=O)Nc2ncccc21)C1CCCCNC1. The molecule has 0 bridgehead atoms. The molecule has 8 heteroatoms. The summed E-state index contributed by atoms with van der Waals surface area (Å²) in [6.07, 6.45) is 23.1. The normalized spacial score (nSPS) is 20.0. The lowest BCUT2D eigenvalue weighted by Crippen LogP contribution is -2.48. The molecule has 0 saturated carbocycles. The van der Waals surface area contributed by atoms with Gasteiger partial charge in [0.2, 0.25) is 17.7 Å². The van der Waals surface area contributed by atoms with Gasteiger partial charge < -0.3 is 20.9 Å². The maximum absolute atomic E-state index is 13.5. The highest BCUT2D eigenvalue weighted by molar-refractivity contribution is 6.06. The minimum atomic E-state index is -0.641. The van der Waals surface area contributed by atoms with E-state index in [4.69, 9.17) is 0 Å². The van der Waals surface area contributed by atoms with Gasteiger partial charge in [0.05, 0.1) is 5.41 Å². The molecule has 1 aromatic heterocycles. The molecular weight excluding hydrogens is 586 g/mol. The first-order chi connectivity index (χ1) is 23.0. The average molecular weight is 644 g/mol. The summed E-state index contributed by atoms with van der Waals surface area (Å²) in [6.45, 7) is 4.02. The number of amides is 3. The van der Waals surface area contributed by atoms with E-state index in [2.05, 4.69) is 27.9 Å². The molecule has 47 heavy (non-hydrogen) atoms. The number of anilines is 2. The average Bonchev–Trinajstić information content (AvgIpc) is 3.43. The van der Waals surface area contributed by atoms with Crippen molar-refractivity contribution < 1.29 is 14.4 Å². The van der Waals surface area contributed by atoms with Crippen molar-refractivity contribution in [2.24, 2.45) is 0 Å². The van der Waals surface area contributed by atoms with Crippen LogP contribution in [0.3, 0.4) is 0 Å². The minimum Gasteiger partial charge on any atom is -0.329 e. The third-order valence-corrected chi connectivity index (χ3v) is 10.6. The third kappa shape index (κ3) is 9.43. The smallest absolute Gasteiger partial charge is 0.244 e. The second kappa shape index (κ2) is 17.8. The van der Waals surface area contributed by atoms with Crippen molar-refractivity contribution in [1.29, 1.82) is 0 Å². The van der Waals surface area contributed by atoms with E-state index in [0.717, 1.165) is 61.9 Å². The number of rotatable bonds is 18. The fraction of sp³-hybridized carbons (Fsp3) is 0.641. The zero-order chi connectivity index (χ0) is 32.9. The van der Waals surface area contributed by atoms with Crippen LogP contribution < -0.4 is 16.0 Å². The van der Waals surface area contributed by atoms with Gasteiger partial charge in [0.15, 0.2) is 0 Å². The molecule has 1 aliphatic carbocycles. The quantitative estimate of drug-likeness (QED) is 0.146. The lowest BCUT2D eigenvalue weighted by Gasteiger charge is -2.31. The summed E-state index contributed by atoms with van der Waals surface area (Å²) in [5.41, 5.74) is 3.20. The number of hydrogen-bond donors (Lipinski definition) is 3. The van der Waals surface area contributed by atoms with Crippen LogP contribution in [0.2, 0.25) is 0 Å². The molecule has 8 nitrogen and oxygen atoms in total. The number of pyridine rings is 1. The molecule has 2 unspecified atom stereocenters. The zero-order valence-corrected chi connectivity index (χ0v) is 28.7. The van der Waals surface area contributed by atoms with Crippen molar-refractivity contribution in [2.45, 2.75) is 140 Å². The van der Waals surface area contributed by atoms with Crippen LogP contribution in [0.25, 0.3) is 0 Å². The van der Waals surface area contributed by atoms with Gasteiger partial charge in [-0.05, 0) is 68.0 Å². The van der Waals surface area contributed by atoms with Gasteiger partial charge in [0, 0.05) is 36.5 Å². The predicted molar refractivity (Wildman–Crippen MR) is 190 cm³/mol. The summed E-state index contributed by atoms with van der Waals surface area (Å²) in [7, 11) is 0. The van der Waals surface area contributed by atoms with Gasteiger partial charge >= 0.3 is 0 Å². The van der Waals surface area contributed by atoms with Crippen molar-refractivity contribution in [3.05, 3.63) is 53.2 Å². The summed E-state index contributed by atoms with van der Waals surface area (Å²) >= 11 is 0. The first kappa shape index (κ1) is 35.1. The van der Waals surface area contributed by atoms with Crippen LogP contribution in [0.15, 0.2) is 36.5 Å². The number of nitrogens with one attached hydrogen (secondary N) is 3. The molecule has 1 spiro atoms. The minimum absolute atomic E-state index is 0.0114. The molecule has 1 saturated heterocycles. The van der Waals surface area contributed by atoms with Crippen LogP contribution in [0.5, 0.6) is 0 Å². The number of fused-ring (bicyclic) bond motifs is 3. The van der Waals surface area contributed by atoms with E-state index in [1.165, 1.54) is 70.6 Å². The molecular formula is C39H57N5O3. The molecule has 1 aromatic carbocycles. The number of benzene rings is 1. The highest BCUT2D eigenvalue weighted by Gasteiger charge is 2.51. The van der Waals surface area contributed by atoms with Crippen LogP contribution in [0.4, 0.5) is 11.5 Å². The Morgan fingerprint density at radius 1 is 0.915 bits per heavy atom. The number of carbonyl (C=O) groups excluding carboxylic acids is 3. The Labute approximate surface area is 282 Å². The molecule has 3 heterocycles. The number of carbonyl (C=O) groups is 3. The molecule has 256 valence electrons. The molecule has 2 atom stereocenters. The topological polar surface area (TPSA) is 103 Å². The van der Waals surface area contributed by atoms with Crippen molar-refractivity contribution in [1.82, 2.24) is 15.2 Å². The third-order valence-electron chi connectivity index (χ3n) is 10.6. The Morgan fingerprint density at radius 2 is 1.62 bits per heavy atom. The second-order valence-electron chi connectivity index (χ2n) is 14.2. The first-order valence-corrected chi connectivity index (χ1v) is 18.7. The second-order valence-corrected chi connectivity index (χ2v) is 14.2. The number of aromatic nitrogens is 1. The maximum atomic E-state index is 13.5. The summed E-state index contributed by atoms with van der Waals surface area (Å²) in [4.78, 5) is 46.3. The van der Waals surface area contributed by atoms with Gasteiger partial charge in [0.25, 0.3) is 0 Å². The Bertz CT molecular complexity index is 1340. The van der Waals surface area contributed by atoms with Gasteiger partial charge in [-0.3, -0.25) is 14.4 Å². The van der Waals surface area contributed by atoms with Crippen LogP contribution >= 0.6 is 0 Å². The summed E-state index contributed by atoms with van der Waals surface area (Å²) in [6, 6.07) is 9.84. The van der Waals surface area contributed by atoms with Crippen LogP contribution in [0, 0.1) is 0 Å². The number of hydrogen-bond acceptors (Lipinski definition) is 5. The Hall–Kier alpha value is -3.26. The fourth-order valence-electron chi connectivity index (χ4n) is 7.83. The molecule has 5 rings (SSSR count). The van der Waals surface area contributed by atoms with Crippen molar-refractivity contribution in [3.63, 3.8) is 0 Å². The highest BCUT2D eigenvalue weighted by Crippen LogP contribution is 2.47. The van der Waals surface area contributed by atoms with E-state index >= 15 is 0 Å². The molecule has 3 amide bonds. The monoisotopic (exact) mass is 643 g/mol. The molecule has 3 aliphatic rings. The zero-order valence-electron chi connectivity index (χ0n) is 28.7. The molecule has 2 aromatic rings. The fourth-order valence-corrected chi connectivity index (χ4v) is 7.83. The lowest BCUT2D eigenvalue weighted by molar-refractivity contribution is -0.137. The van der Waals surface area contributed by atoms with Crippen molar-refractivity contribution in [3.8, 4) is 0 Å². The van der Waals surface area contributed by atoms with Crippen molar-refractivity contribution >= 4 is 29.2 Å². The van der Waals surface area contributed by atoms with E-state index in [1.54, 1.807) is 6.20 Å². The van der Waals surface area contributed by atoms with Crippen LogP contribution in [-0.4, -0.2) is 53.3 Å². The van der Waals surface area contributed by atoms with Crippen LogP contribution in [0.1, 0.15) is 133 Å². The Kier molecular flexibility index (Phi) is 13.3. The van der Waals surface area contributed by atoms with Gasteiger partial charge in [-0.2, -0.15) is 0 Å². The Morgan fingerprint density at radius 3 is 2.36 bits per heavy atom. The number of unbranched alkanes of at least 4 members (excludes halogenated alkanes) is 12. The van der Waals surface area contributed by atoms with E-state index < -0.39 is 5.41 Å². The van der Waals surface area contributed by atoms with Gasteiger partial charge in [0.1, 0.15) is 12.4 Å². The first-order valence-electron chi connectivity index (χ1n) is 18.7. The summed E-state index contributed by atoms with van der Waals surface area (Å²) in [5, 5.41) is 9.50. The summed E-state index contributed by atoms with van der Waals surface area (Å²) < 4.78 is 0. The van der Waals surface area contributed by atoms with Crippen LogP contribution in [-0.2, 0) is 32.6 Å². The Balaban J connectivity index is 1.08. The van der Waals surface area contributed by atoms with E-state index in [1.807, 2.05) is 35.2 Å². The molecule has 3 N–H and O–H groups in total. The maximum Gasteiger partial charge on any atom is 0.244 e. The standard InChI is InChI=1S/C39H57N5O3/c1-2-3-4-5-6-7-8-9-10-11-12-13-14-20-36(46)44(33-18-15-16-23-40-28-33)29-35(45)42-32-22-21-30-26-39(27-31(30)25-32)34-19-17-24-41-37(34)43-38(39)47/h17,19,21-22,24-25,33,40H,2-16,18,20,23,26-29H2,1H3,(H,42,45)(H,41,43,47). The van der Waals surface area contributed by atoms with Gasteiger partial charge in [-0.1, -0.05) is 103 Å². The van der Waals surface area contributed by atoms with Gasteiger partial charge in [-0.25, -0.2) is 4.98 Å². The van der Waals surface area contributed by atoms with E-state index in [0.29, 0.717) is 30.8 Å². The van der Waals surface area contributed by atoms with E-state index in [-0.39, 0.29) is 30.3 Å². The molecule has 2 aliphatic heterocycles. The highest BCUT2D eigenvalue weighted by atomic mass is 16.2. The largest absolute Gasteiger partial charge is 0.329 e. The molecule has 1 fully saturated rings. The predicted octanol–water partition coefficient (Wildman–Crippen LogP) is 7.46. The van der Waals surface area contributed by atoms with Crippen molar-refractivity contribution in [2.75, 3.05) is 30.3 Å². The lowest BCUT2D eigenvalue weighted by atomic mass is 9.79. The van der Waals surface area contributed by atoms with E-state index in [9.17, 15) is 14.4 Å².